The highest BCUT2D eigenvalue weighted by Gasteiger charge is 2.37. The van der Waals surface area contributed by atoms with Crippen LogP contribution >= 0.6 is 0 Å². The molecule has 2 aliphatic heterocycles. The lowest BCUT2D eigenvalue weighted by Crippen LogP contribution is -2.41. The molecule has 130 valence electrons. The topological polar surface area (TPSA) is 80.0 Å². The van der Waals surface area contributed by atoms with E-state index in [0.717, 1.165) is 38.0 Å². The van der Waals surface area contributed by atoms with Crippen LogP contribution in [-0.4, -0.2) is 41.8 Å². The molecule has 2 heterocycles. The molecule has 0 spiro atoms. The molecule has 0 aliphatic carbocycles. The first kappa shape index (κ1) is 16.7. The van der Waals surface area contributed by atoms with Crippen molar-refractivity contribution in [2.75, 3.05) is 26.2 Å². The van der Waals surface area contributed by atoms with E-state index in [2.05, 4.69) is 22.4 Å². The summed E-state index contributed by atoms with van der Waals surface area (Å²) < 4.78 is 5.51. The summed E-state index contributed by atoms with van der Waals surface area (Å²) in [7, 11) is 0. The van der Waals surface area contributed by atoms with E-state index in [1.165, 1.54) is 5.71 Å². The molecule has 0 aromatic heterocycles. The van der Waals surface area contributed by atoms with Crippen LogP contribution in [0.1, 0.15) is 38.3 Å². The highest BCUT2D eigenvalue weighted by atomic mass is 16.6. The molecule has 1 N–H and O–H groups in total. The van der Waals surface area contributed by atoms with Crippen molar-refractivity contribution in [3.8, 4) is 5.75 Å². The van der Waals surface area contributed by atoms with Gasteiger partial charge in [0.25, 0.3) is 0 Å². The summed E-state index contributed by atoms with van der Waals surface area (Å²) in [6.07, 6.45) is 1.77. The molecule has 1 aromatic carbocycles. The molecule has 2 unspecified atom stereocenters. The van der Waals surface area contributed by atoms with E-state index >= 15 is 0 Å². The number of fused-ring (bicyclic) bond motifs is 1. The van der Waals surface area contributed by atoms with Gasteiger partial charge in [0.2, 0.25) is 0 Å². The Morgan fingerprint density at radius 2 is 2.29 bits per heavy atom. The zero-order chi connectivity index (χ0) is 17.1. The molecule has 2 atom stereocenters. The van der Waals surface area contributed by atoms with Crippen LogP contribution < -0.4 is 10.2 Å². The first-order valence-electron chi connectivity index (χ1n) is 8.59. The zero-order valence-corrected chi connectivity index (χ0v) is 14.2. The summed E-state index contributed by atoms with van der Waals surface area (Å²) in [5, 5.41) is 15.9. The molecule has 7 nitrogen and oxygen atoms in total. The van der Waals surface area contributed by atoms with Crippen molar-refractivity contribution in [2.24, 2.45) is 11.0 Å². The fourth-order valence-corrected chi connectivity index (χ4v) is 3.41. The Kier molecular flexibility index (Phi) is 4.99. The first-order valence-corrected chi connectivity index (χ1v) is 8.59. The van der Waals surface area contributed by atoms with Gasteiger partial charge in [0, 0.05) is 37.2 Å². The standard InChI is InChI=1S/C17H24N4O3/c1-3-9-24-16-6-5-12(10-15(16)21(22)23)17-13-11-20(4-2)8-7-14(13)18-19-17/h5-6,10,13,17,19H,3-4,7-9,11H2,1-2H3. The number of hydrogen-bond acceptors (Lipinski definition) is 6. The van der Waals surface area contributed by atoms with Crippen molar-refractivity contribution in [3.63, 3.8) is 0 Å². The van der Waals surface area contributed by atoms with Crippen molar-refractivity contribution >= 4 is 11.4 Å². The zero-order valence-electron chi connectivity index (χ0n) is 14.2. The monoisotopic (exact) mass is 332 g/mol. The van der Waals surface area contributed by atoms with Crippen LogP contribution in [0.25, 0.3) is 0 Å². The summed E-state index contributed by atoms with van der Waals surface area (Å²) in [6, 6.07) is 5.25. The predicted octanol–water partition coefficient (Wildman–Crippen LogP) is 2.73. The number of nitrogens with zero attached hydrogens (tertiary/aromatic N) is 3. The number of benzene rings is 1. The third-order valence-electron chi connectivity index (χ3n) is 4.76. The largest absolute Gasteiger partial charge is 0.487 e. The second-order valence-electron chi connectivity index (χ2n) is 6.29. The number of hydrogen-bond donors (Lipinski definition) is 1. The Balaban J connectivity index is 1.84. The van der Waals surface area contributed by atoms with Crippen LogP contribution in [0.5, 0.6) is 5.75 Å². The normalized spacial score (nSPS) is 23.3. The molecule has 7 heteroatoms. The third kappa shape index (κ3) is 3.21. The SMILES string of the molecule is CCCOc1ccc(C2NN=C3CCN(CC)CC32)cc1[N+](=O)[O-]. The summed E-state index contributed by atoms with van der Waals surface area (Å²) in [4.78, 5) is 13.4. The Morgan fingerprint density at radius 1 is 1.46 bits per heavy atom. The van der Waals surface area contributed by atoms with Gasteiger partial charge in [-0.25, -0.2) is 0 Å². The number of nitro groups is 1. The smallest absolute Gasteiger partial charge is 0.311 e. The molecule has 1 fully saturated rings. The molecular formula is C17H24N4O3. The van der Waals surface area contributed by atoms with Crippen molar-refractivity contribution in [2.45, 2.75) is 32.7 Å². The molecule has 3 rings (SSSR count). The average Bonchev–Trinajstić information content (AvgIpc) is 3.02. The maximum atomic E-state index is 11.4. The van der Waals surface area contributed by atoms with Crippen LogP contribution in [0.3, 0.4) is 0 Å². The fraction of sp³-hybridized carbons (Fsp3) is 0.588. The molecule has 0 amide bonds. The van der Waals surface area contributed by atoms with Gasteiger partial charge >= 0.3 is 5.69 Å². The quantitative estimate of drug-likeness (QED) is 0.640. The third-order valence-corrected chi connectivity index (χ3v) is 4.76. The highest BCUT2D eigenvalue weighted by molar-refractivity contribution is 5.90. The molecule has 0 saturated carbocycles. The first-order chi connectivity index (χ1) is 11.6. The summed E-state index contributed by atoms with van der Waals surface area (Å²) in [6.45, 7) is 7.59. The van der Waals surface area contributed by atoms with Crippen molar-refractivity contribution in [3.05, 3.63) is 33.9 Å². The van der Waals surface area contributed by atoms with Crippen molar-refractivity contribution in [1.82, 2.24) is 10.3 Å². The van der Waals surface area contributed by atoms with Gasteiger partial charge in [0.15, 0.2) is 5.75 Å². The lowest BCUT2D eigenvalue weighted by atomic mass is 9.86. The molecule has 1 saturated heterocycles. The number of piperidine rings is 1. The molecule has 2 aliphatic rings. The van der Waals surface area contributed by atoms with E-state index in [1.807, 2.05) is 13.0 Å². The number of likely N-dealkylation sites (tertiary alicyclic amines) is 1. The number of nitrogens with one attached hydrogen (secondary N) is 1. The van der Waals surface area contributed by atoms with Crippen LogP contribution in [0, 0.1) is 16.0 Å². The lowest BCUT2D eigenvalue weighted by molar-refractivity contribution is -0.385. The van der Waals surface area contributed by atoms with Gasteiger partial charge in [0.1, 0.15) is 0 Å². The van der Waals surface area contributed by atoms with Gasteiger partial charge in [-0.2, -0.15) is 5.10 Å². The van der Waals surface area contributed by atoms with Crippen LogP contribution in [0.4, 0.5) is 5.69 Å². The van der Waals surface area contributed by atoms with E-state index in [4.69, 9.17) is 4.74 Å². The Labute approximate surface area is 141 Å². The van der Waals surface area contributed by atoms with E-state index in [9.17, 15) is 10.1 Å². The van der Waals surface area contributed by atoms with Crippen LogP contribution in [-0.2, 0) is 0 Å². The lowest BCUT2D eigenvalue weighted by Gasteiger charge is -2.32. The number of rotatable bonds is 6. The predicted molar refractivity (Wildman–Crippen MR) is 92.4 cm³/mol. The van der Waals surface area contributed by atoms with Gasteiger partial charge in [-0.3, -0.25) is 10.1 Å². The number of nitro benzene ring substituents is 1. The molecule has 0 radical (unpaired) electrons. The van der Waals surface area contributed by atoms with Gasteiger partial charge in [-0.1, -0.05) is 19.9 Å². The average molecular weight is 332 g/mol. The summed E-state index contributed by atoms with van der Waals surface area (Å²) in [5.74, 6) is 0.615. The van der Waals surface area contributed by atoms with E-state index < -0.39 is 0 Å². The second kappa shape index (κ2) is 7.17. The maximum Gasteiger partial charge on any atom is 0.311 e. The van der Waals surface area contributed by atoms with Crippen LogP contribution in [0.15, 0.2) is 23.3 Å². The fourth-order valence-electron chi connectivity index (χ4n) is 3.41. The van der Waals surface area contributed by atoms with Gasteiger partial charge < -0.3 is 15.1 Å². The highest BCUT2D eigenvalue weighted by Crippen LogP contribution is 2.36. The molecular weight excluding hydrogens is 308 g/mol. The minimum atomic E-state index is -0.371. The molecule has 1 aromatic rings. The maximum absolute atomic E-state index is 11.4. The Morgan fingerprint density at radius 3 is 3.00 bits per heavy atom. The van der Waals surface area contributed by atoms with Crippen molar-refractivity contribution < 1.29 is 9.66 Å². The minimum Gasteiger partial charge on any atom is -0.487 e. The van der Waals surface area contributed by atoms with Crippen LogP contribution in [0.2, 0.25) is 0 Å². The molecule has 0 bridgehead atoms. The summed E-state index contributed by atoms with van der Waals surface area (Å²) in [5.41, 5.74) is 5.29. The second-order valence-corrected chi connectivity index (χ2v) is 6.29. The van der Waals surface area contributed by atoms with E-state index in [0.29, 0.717) is 12.4 Å². The number of hydrazone groups is 1. The van der Waals surface area contributed by atoms with Gasteiger partial charge in [0.05, 0.1) is 17.6 Å². The summed E-state index contributed by atoms with van der Waals surface area (Å²) >= 11 is 0. The van der Waals surface area contributed by atoms with Gasteiger partial charge in [-0.15, -0.1) is 0 Å². The van der Waals surface area contributed by atoms with E-state index in [1.54, 1.807) is 12.1 Å². The van der Waals surface area contributed by atoms with E-state index in [-0.39, 0.29) is 22.6 Å². The minimum absolute atomic E-state index is 0.00623. The Hall–Kier alpha value is -2.15. The van der Waals surface area contributed by atoms with Gasteiger partial charge in [-0.05, 0) is 24.6 Å². The number of ether oxygens (including phenoxy) is 1. The molecule has 24 heavy (non-hydrogen) atoms. The van der Waals surface area contributed by atoms with Crippen molar-refractivity contribution in [1.29, 1.82) is 0 Å². The Bertz CT molecular complexity index is 647.